The minimum Gasteiger partial charge on any atom is -0.370 e. The third-order valence-corrected chi connectivity index (χ3v) is 2.74. The molecule has 0 spiro atoms. The molecule has 4 N–H and O–H groups in total. The monoisotopic (exact) mass is 249 g/mol. The molecule has 1 fully saturated rings. The maximum Gasteiger partial charge on any atom is 0.239 e. The van der Waals surface area contributed by atoms with Crippen molar-refractivity contribution in [3.63, 3.8) is 0 Å². The summed E-state index contributed by atoms with van der Waals surface area (Å²) in [5, 5.41) is 0. The fourth-order valence-electron chi connectivity index (χ4n) is 2.00. The van der Waals surface area contributed by atoms with Gasteiger partial charge in [-0.1, -0.05) is 0 Å². The quantitative estimate of drug-likeness (QED) is 0.739. The Labute approximate surface area is 102 Å². The Bertz CT molecular complexity index is 258. The lowest BCUT2D eigenvalue weighted by Crippen LogP contribution is -2.50. The summed E-state index contributed by atoms with van der Waals surface area (Å²) in [4.78, 5) is 24.3. The van der Waals surface area contributed by atoms with E-state index in [-0.39, 0.29) is 36.7 Å². The average Bonchev–Trinajstić information content (AvgIpc) is 2.16. The number of carbonyl (C=O) groups is 2. The first-order chi connectivity index (χ1) is 7.02. The molecule has 0 bridgehead atoms. The molecule has 0 aromatic rings. The highest BCUT2D eigenvalue weighted by Crippen LogP contribution is 2.20. The minimum atomic E-state index is -0.501. The Hall–Kier alpha value is -0.810. The van der Waals surface area contributed by atoms with Crippen molar-refractivity contribution < 1.29 is 9.59 Å². The van der Waals surface area contributed by atoms with E-state index in [1.807, 2.05) is 0 Å². The largest absolute Gasteiger partial charge is 0.370 e. The molecule has 0 radical (unpaired) electrons. The molecule has 0 aromatic carbocycles. The Morgan fingerprint density at radius 2 is 2.06 bits per heavy atom. The zero-order valence-electron chi connectivity index (χ0n) is 9.52. The summed E-state index contributed by atoms with van der Waals surface area (Å²) in [5.74, 6) is -0.440. The van der Waals surface area contributed by atoms with Crippen LogP contribution < -0.4 is 11.5 Å². The van der Waals surface area contributed by atoms with E-state index >= 15 is 0 Å². The summed E-state index contributed by atoms with van der Waals surface area (Å²) >= 11 is 0. The number of nitrogens with two attached hydrogens (primary N) is 2. The summed E-state index contributed by atoms with van der Waals surface area (Å²) in [6, 6.07) is -0.548. The van der Waals surface area contributed by atoms with Crippen molar-refractivity contribution in [1.29, 1.82) is 0 Å². The summed E-state index contributed by atoms with van der Waals surface area (Å²) in [6.07, 6.45) is 3.12. The number of likely N-dealkylation sites (tertiary alicyclic amines) is 1. The molecule has 2 atom stereocenters. The van der Waals surface area contributed by atoms with Crippen molar-refractivity contribution in [3.8, 4) is 0 Å². The third kappa shape index (κ3) is 3.98. The molecule has 1 aliphatic heterocycles. The van der Waals surface area contributed by atoms with Crippen LogP contribution in [0.25, 0.3) is 0 Å². The van der Waals surface area contributed by atoms with E-state index in [2.05, 4.69) is 0 Å². The van der Waals surface area contributed by atoms with E-state index in [1.54, 1.807) is 11.8 Å². The Balaban J connectivity index is 0.00000225. The number of piperidine rings is 1. The van der Waals surface area contributed by atoms with Crippen LogP contribution >= 0.6 is 12.4 Å². The van der Waals surface area contributed by atoms with Crippen molar-refractivity contribution in [1.82, 2.24) is 4.90 Å². The lowest BCUT2D eigenvalue weighted by atomic mass is 9.98. The number of amides is 2. The highest BCUT2D eigenvalue weighted by molar-refractivity contribution is 5.85. The second-order valence-corrected chi connectivity index (χ2v) is 4.14. The van der Waals surface area contributed by atoms with E-state index in [0.717, 1.165) is 19.3 Å². The molecule has 1 aliphatic rings. The summed E-state index contributed by atoms with van der Waals surface area (Å²) in [6.45, 7) is 2.36. The molecule has 5 nitrogen and oxygen atoms in total. The first kappa shape index (κ1) is 15.2. The smallest absolute Gasteiger partial charge is 0.239 e. The van der Waals surface area contributed by atoms with E-state index in [9.17, 15) is 9.59 Å². The van der Waals surface area contributed by atoms with Gasteiger partial charge in [0.25, 0.3) is 0 Å². The van der Waals surface area contributed by atoms with Gasteiger partial charge < -0.3 is 16.4 Å². The molecule has 1 rings (SSSR count). The molecule has 0 saturated carbocycles. The van der Waals surface area contributed by atoms with Gasteiger partial charge in [-0.2, -0.15) is 0 Å². The van der Waals surface area contributed by atoms with Crippen molar-refractivity contribution in [3.05, 3.63) is 0 Å². The van der Waals surface area contributed by atoms with Gasteiger partial charge in [0.05, 0.1) is 6.04 Å². The third-order valence-electron chi connectivity index (χ3n) is 2.74. The number of primary amides is 1. The van der Waals surface area contributed by atoms with Gasteiger partial charge in [-0.3, -0.25) is 9.59 Å². The SMILES string of the molecule is C[C@@H](N)C(=O)N1CCCCC1CC(N)=O.Cl. The van der Waals surface area contributed by atoms with Gasteiger partial charge in [-0.05, 0) is 26.2 Å². The second-order valence-electron chi connectivity index (χ2n) is 4.14. The molecule has 0 aliphatic carbocycles. The van der Waals surface area contributed by atoms with Crippen LogP contribution in [0.5, 0.6) is 0 Å². The van der Waals surface area contributed by atoms with Gasteiger partial charge in [0, 0.05) is 19.0 Å². The minimum absolute atomic E-state index is 0. The zero-order chi connectivity index (χ0) is 11.4. The number of rotatable bonds is 3. The molecule has 94 valence electrons. The number of nitrogens with zero attached hydrogens (tertiary/aromatic N) is 1. The Morgan fingerprint density at radius 1 is 1.44 bits per heavy atom. The lowest BCUT2D eigenvalue weighted by Gasteiger charge is -2.36. The predicted molar refractivity (Wildman–Crippen MR) is 64.1 cm³/mol. The Kier molecular flexibility index (Phi) is 6.36. The van der Waals surface area contributed by atoms with Gasteiger partial charge in [-0.15, -0.1) is 12.4 Å². The molecule has 0 aromatic heterocycles. The van der Waals surface area contributed by atoms with E-state index < -0.39 is 6.04 Å². The van der Waals surface area contributed by atoms with E-state index in [0.29, 0.717) is 6.54 Å². The van der Waals surface area contributed by atoms with Crippen LogP contribution in [0.2, 0.25) is 0 Å². The first-order valence-corrected chi connectivity index (χ1v) is 5.36. The standard InChI is InChI=1S/C10H19N3O2.ClH/c1-7(11)10(15)13-5-3-2-4-8(13)6-9(12)14;/h7-8H,2-6,11H2,1H3,(H2,12,14);1H/t7-,8?;/m1./s1. The molecule has 2 amide bonds. The van der Waals surface area contributed by atoms with E-state index in [4.69, 9.17) is 11.5 Å². The maximum atomic E-state index is 11.7. The summed E-state index contributed by atoms with van der Waals surface area (Å²) in [7, 11) is 0. The van der Waals surface area contributed by atoms with Crippen LogP contribution in [0.4, 0.5) is 0 Å². The topological polar surface area (TPSA) is 89.4 Å². The van der Waals surface area contributed by atoms with Gasteiger partial charge in [0.2, 0.25) is 11.8 Å². The van der Waals surface area contributed by atoms with Crippen LogP contribution in [-0.2, 0) is 9.59 Å². The molecular weight excluding hydrogens is 230 g/mol. The number of hydrogen-bond donors (Lipinski definition) is 2. The van der Waals surface area contributed by atoms with Crippen molar-refractivity contribution in [2.75, 3.05) is 6.54 Å². The normalized spacial score (nSPS) is 22.1. The van der Waals surface area contributed by atoms with Crippen LogP contribution in [0.15, 0.2) is 0 Å². The van der Waals surface area contributed by atoms with Gasteiger partial charge in [0.15, 0.2) is 0 Å². The van der Waals surface area contributed by atoms with Crippen LogP contribution in [0, 0.1) is 0 Å². The fourth-order valence-corrected chi connectivity index (χ4v) is 2.00. The van der Waals surface area contributed by atoms with Gasteiger partial charge >= 0.3 is 0 Å². The van der Waals surface area contributed by atoms with Gasteiger partial charge in [0.1, 0.15) is 0 Å². The highest BCUT2D eigenvalue weighted by Gasteiger charge is 2.29. The van der Waals surface area contributed by atoms with Crippen LogP contribution in [0.1, 0.15) is 32.6 Å². The predicted octanol–water partition coefficient (Wildman–Crippen LogP) is 0.0119. The van der Waals surface area contributed by atoms with Crippen molar-refractivity contribution >= 4 is 24.2 Å². The fraction of sp³-hybridized carbons (Fsp3) is 0.800. The lowest BCUT2D eigenvalue weighted by molar-refractivity contribution is -0.136. The number of hydrogen-bond acceptors (Lipinski definition) is 3. The second kappa shape index (κ2) is 6.70. The Morgan fingerprint density at radius 3 is 2.56 bits per heavy atom. The number of halogens is 1. The zero-order valence-corrected chi connectivity index (χ0v) is 10.3. The maximum absolute atomic E-state index is 11.7. The van der Waals surface area contributed by atoms with Crippen LogP contribution in [-0.4, -0.2) is 35.3 Å². The highest BCUT2D eigenvalue weighted by atomic mass is 35.5. The molecule has 1 unspecified atom stereocenters. The van der Waals surface area contributed by atoms with Crippen molar-refractivity contribution in [2.45, 2.75) is 44.7 Å². The summed E-state index contributed by atoms with van der Waals surface area (Å²) in [5.41, 5.74) is 10.7. The van der Waals surface area contributed by atoms with Gasteiger partial charge in [-0.25, -0.2) is 0 Å². The van der Waals surface area contributed by atoms with Crippen LogP contribution in [0.3, 0.4) is 0 Å². The first-order valence-electron chi connectivity index (χ1n) is 5.36. The molecular formula is C10H20ClN3O2. The summed E-state index contributed by atoms with van der Waals surface area (Å²) < 4.78 is 0. The molecule has 16 heavy (non-hydrogen) atoms. The van der Waals surface area contributed by atoms with E-state index in [1.165, 1.54) is 0 Å². The number of carbonyl (C=O) groups excluding carboxylic acids is 2. The molecule has 1 saturated heterocycles. The molecule has 6 heteroatoms. The molecule has 1 heterocycles. The average molecular weight is 250 g/mol. The van der Waals surface area contributed by atoms with Crippen molar-refractivity contribution in [2.24, 2.45) is 11.5 Å².